The zero-order valence-corrected chi connectivity index (χ0v) is 25.3. The Morgan fingerprint density at radius 3 is 2.35 bits per heavy atom. The summed E-state index contributed by atoms with van der Waals surface area (Å²) in [6, 6.07) is 3.97. The van der Waals surface area contributed by atoms with Crippen LogP contribution >= 0.6 is 11.6 Å². The van der Waals surface area contributed by atoms with E-state index in [4.69, 9.17) is 16.3 Å². The number of rotatable bonds is 9. The number of nitrogens with one attached hydrogen (secondary N) is 1. The molecular weight excluding hydrogens is 621 g/mol. The van der Waals surface area contributed by atoms with Crippen molar-refractivity contribution in [1.29, 1.82) is 0 Å². The second-order valence-electron chi connectivity index (χ2n) is 11.4. The summed E-state index contributed by atoms with van der Waals surface area (Å²) in [5.74, 6) is -2.44. The molecule has 0 spiro atoms. The third kappa shape index (κ3) is 7.62. The second-order valence-corrected chi connectivity index (χ2v) is 14.1. The van der Waals surface area contributed by atoms with E-state index in [1.165, 1.54) is 29.1 Å². The lowest BCUT2D eigenvalue weighted by Gasteiger charge is -2.37. The van der Waals surface area contributed by atoms with Crippen molar-refractivity contribution >= 4 is 27.3 Å². The molecule has 1 aromatic heterocycles. The van der Waals surface area contributed by atoms with E-state index in [0.29, 0.717) is 25.7 Å². The highest BCUT2D eigenvalue weighted by Gasteiger charge is 2.46. The SMILES string of the molecule is CCn1nc(C(=O)NC[C@H]2CC[C@H](S(C)(=O)=O)CC2)c(Cl)c1-c1ccc([C@]2(O)CC[C@H](C(F)(F)F)CC2)cc1OC(F)F. The standard InChI is InChI=1S/C28H35ClF5N3O5S/c1-3-37-24(22(29)23(36-37)25(38)35-15-16-4-7-19(8-5-16)43(2,40)41)20-9-6-18(14-21(20)42-26(30)31)27(39)12-10-17(11-13-27)28(32,33)34/h6,9,14,16-17,19,26,39H,3-5,7-8,10-13,15H2,1-2H3,(H,35,38)/t16-,17-,19-,27-. The summed E-state index contributed by atoms with van der Waals surface area (Å²) in [4.78, 5) is 13.1. The van der Waals surface area contributed by atoms with Gasteiger partial charge in [0.15, 0.2) is 5.69 Å². The van der Waals surface area contributed by atoms with Crippen LogP contribution in [0.15, 0.2) is 18.2 Å². The predicted molar refractivity (Wildman–Crippen MR) is 150 cm³/mol. The minimum atomic E-state index is -4.38. The van der Waals surface area contributed by atoms with E-state index in [1.807, 2.05) is 0 Å². The minimum absolute atomic E-state index is 0.0640. The van der Waals surface area contributed by atoms with Crippen molar-refractivity contribution in [2.24, 2.45) is 11.8 Å². The van der Waals surface area contributed by atoms with E-state index >= 15 is 0 Å². The van der Waals surface area contributed by atoms with Crippen LogP contribution in [0.3, 0.4) is 0 Å². The summed E-state index contributed by atoms with van der Waals surface area (Å²) in [6.45, 7) is -1.07. The Bertz CT molecular complexity index is 1420. The maximum atomic E-state index is 13.5. The van der Waals surface area contributed by atoms with Crippen molar-refractivity contribution in [3.05, 3.63) is 34.5 Å². The number of carbonyl (C=O) groups excluding carboxylic acids is 1. The summed E-state index contributed by atoms with van der Waals surface area (Å²) < 4.78 is 96.2. The maximum absolute atomic E-state index is 13.5. The number of alkyl halides is 5. The van der Waals surface area contributed by atoms with Gasteiger partial charge in [-0.2, -0.15) is 27.1 Å². The van der Waals surface area contributed by atoms with Crippen LogP contribution < -0.4 is 10.1 Å². The van der Waals surface area contributed by atoms with E-state index in [0.717, 1.165) is 0 Å². The van der Waals surface area contributed by atoms with Crippen molar-refractivity contribution in [2.45, 2.75) is 88.5 Å². The number of ether oxygens (including phenoxy) is 1. The summed E-state index contributed by atoms with van der Waals surface area (Å²) in [6.07, 6.45) is -1.92. The molecule has 0 aliphatic heterocycles. The molecule has 0 atom stereocenters. The van der Waals surface area contributed by atoms with Gasteiger partial charge in [-0.15, -0.1) is 0 Å². The highest BCUT2D eigenvalue weighted by atomic mass is 35.5. The first kappa shape index (κ1) is 33.4. The molecule has 2 aromatic rings. The molecule has 2 N–H and O–H groups in total. The van der Waals surface area contributed by atoms with Gasteiger partial charge in [-0.05, 0) is 81.9 Å². The maximum Gasteiger partial charge on any atom is 0.391 e. The van der Waals surface area contributed by atoms with Gasteiger partial charge in [0.25, 0.3) is 5.91 Å². The van der Waals surface area contributed by atoms with Gasteiger partial charge in [-0.25, -0.2) is 8.42 Å². The van der Waals surface area contributed by atoms with E-state index in [9.17, 15) is 40.3 Å². The van der Waals surface area contributed by atoms with Crippen LogP contribution in [0.5, 0.6) is 5.75 Å². The van der Waals surface area contributed by atoms with Crippen LogP contribution in [0.1, 0.15) is 74.3 Å². The van der Waals surface area contributed by atoms with Gasteiger partial charge in [-0.1, -0.05) is 17.7 Å². The smallest absolute Gasteiger partial charge is 0.391 e. The van der Waals surface area contributed by atoms with Crippen molar-refractivity contribution in [3.63, 3.8) is 0 Å². The van der Waals surface area contributed by atoms with Gasteiger partial charge in [0.2, 0.25) is 0 Å². The average molecular weight is 656 g/mol. The zero-order chi connectivity index (χ0) is 31.7. The lowest BCUT2D eigenvalue weighted by Crippen LogP contribution is -2.36. The van der Waals surface area contributed by atoms with Gasteiger partial charge in [-0.3, -0.25) is 9.48 Å². The molecule has 240 valence electrons. The largest absolute Gasteiger partial charge is 0.434 e. The minimum Gasteiger partial charge on any atom is -0.434 e. The van der Waals surface area contributed by atoms with Gasteiger partial charge in [0, 0.05) is 24.9 Å². The number of benzene rings is 1. The van der Waals surface area contributed by atoms with Crippen LogP contribution in [0, 0.1) is 11.8 Å². The highest BCUT2D eigenvalue weighted by molar-refractivity contribution is 7.91. The number of aromatic nitrogens is 2. The molecule has 0 saturated heterocycles. The van der Waals surface area contributed by atoms with Crippen molar-refractivity contribution < 1.29 is 45.0 Å². The van der Waals surface area contributed by atoms with Crippen molar-refractivity contribution in [2.75, 3.05) is 12.8 Å². The third-order valence-electron chi connectivity index (χ3n) is 8.63. The number of nitrogens with zero attached hydrogens (tertiary/aromatic N) is 2. The van der Waals surface area contributed by atoms with E-state index in [-0.39, 0.29) is 83.2 Å². The molecule has 43 heavy (non-hydrogen) atoms. The third-order valence-corrected chi connectivity index (χ3v) is 10.7. The fraction of sp³-hybridized carbons (Fsp3) is 0.643. The number of halogens is 6. The van der Waals surface area contributed by atoms with E-state index in [1.54, 1.807) is 6.92 Å². The Kier molecular flexibility index (Phi) is 10.0. The number of sulfone groups is 1. The second kappa shape index (κ2) is 12.9. The molecule has 0 radical (unpaired) electrons. The lowest BCUT2D eigenvalue weighted by atomic mass is 9.75. The van der Waals surface area contributed by atoms with Gasteiger partial charge in [0.05, 0.1) is 27.5 Å². The number of hydrogen-bond acceptors (Lipinski definition) is 6. The highest BCUT2D eigenvalue weighted by Crippen LogP contribution is 2.47. The molecule has 8 nitrogen and oxygen atoms in total. The molecule has 15 heteroatoms. The van der Waals surface area contributed by atoms with Crippen LogP contribution in [0.2, 0.25) is 5.02 Å². The summed E-state index contributed by atoms with van der Waals surface area (Å²) >= 11 is 6.60. The molecule has 0 bridgehead atoms. The monoisotopic (exact) mass is 655 g/mol. The molecule has 2 fully saturated rings. The number of aliphatic hydroxyl groups is 1. The lowest BCUT2D eigenvalue weighted by molar-refractivity contribution is -0.193. The fourth-order valence-electron chi connectivity index (χ4n) is 6.07. The van der Waals surface area contributed by atoms with Crippen LogP contribution in [-0.2, 0) is 22.0 Å². The first-order valence-electron chi connectivity index (χ1n) is 14.2. The quantitative estimate of drug-likeness (QED) is 0.316. The number of aryl methyl sites for hydroxylation is 1. The number of carbonyl (C=O) groups is 1. The van der Waals surface area contributed by atoms with Crippen molar-refractivity contribution in [1.82, 2.24) is 15.1 Å². The molecular formula is C28H35ClF5N3O5S. The molecule has 1 heterocycles. The molecule has 1 aromatic carbocycles. The normalized spacial score (nSPS) is 25.1. The summed E-state index contributed by atoms with van der Waals surface area (Å²) in [7, 11) is -3.12. The number of amides is 1. The molecule has 1 amide bonds. The van der Waals surface area contributed by atoms with Gasteiger partial charge >= 0.3 is 12.8 Å². The first-order valence-corrected chi connectivity index (χ1v) is 16.5. The Balaban J connectivity index is 1.56. The molecule has 2 aliphatic rings. The predicted octanol–water partition coefficient (Wildman–Crippen LogP) is 6.10. The van der Waals surface area contributed by atoms with Gasteiger partial charge in [0.1, 0.15) is 15.6 Å². The first-order chi connectivity index (χ1) is 20.0. The topological polar surface area (TPSA) is 111 Å². The van der Waals surface area contributed by atoms with Crippen molar-refractivity contribution in [3.8, 4) is 17.0 Å². The van der Waals surface area contributed by atoms with E-state index in [2.05, 4.69) is 10.4 Å². The summed E-state index contributed by atoms with van der Waals surface area (Å²) in [5.41, 5.74) is -1.48. The average Bonchev–Trinajstić information content (AvgIpc) is 3.26. The summed E-state index contributed by atoms with van der Waals surface area (Å²) in [5, 5.41) is 17.7. The Labute approximate surface area is 251 Å². The Hall–Kier alpha value is -2.45. The Morgan fingerprint density at radius 1 is 1.19 bits per heavy atom. The fourth-order valence-corrected chi connectivity index (χ4v) is 7.52. The van der Waals surface area contributed by atoms with E-state index < -0.39 is 40.1 Å². The van der Waals surface area contributed by atoms with Crippen LogP contribution in [-0.4, -0.2) is 60.1 Å². The zero-order valence-electron chi connectivity index (χ0n) is 23.8. The molecule has 0 unspecified atom stereocenters. The molecule has 2 aliphatic carbocycles. The van der Waals surface area contributed by atoms with Crippen LogP contribution in [0.25, 0.3) is 11.3 Å². The Morgan fingerprint density at radius 2 is 1.81 bits per heavy atom. The molecule has 2 saturated carbocycles. The number of hydrogen-bond donors (Lipinski definition) is 2. The van der Waals surface area contributed by atoms with Gasteiger partial charge < -0.3 is 15.2 Å². The molecule has 4 rings (SSSR count). The van der Waals surface area contributed by atoms with Crippen LogP contribution in [0.4, 0.5) is 22.0 Å².